The molecule has 1 heterocycles. The highest BCUT2D eigenvalue weighted by atomic mass is 15.3. The molecule has 1 N–H and O–H groups in total. The predicted molar refractivity (Wildman–Crippen MR) is 82.6 cm³/mol. The van der Waals surface area contributed by atoms with Crippen LogP contribution in [-0.2, 0) is 0 Å². The van der Waals surface area contributed by atoms with Crippen molar-refractivity contribution >= 4 is 0 Å². The van der Waals surface area contributed by atoms with Crippen molar-refractivity contribution in [2.45, 2.75) is 71.0 Å². The Morgan fingerprint density at radius 3 is 2.16 bits per heavy atom. The number of nitrogens with one attached hydrogen (secondary N) is 1. The molecule has 0 radical (unpaired) electrons. The van der Waals surface area contributed by atoms with Crippen LogP contribution in [0, 0.1) is 0 Å². The number of hydrogen-bond donors (Lipinski definition) is 1. The average molecular weight is 267 g/mol. The van der Waals surface area contributed by atoms with E-state index in [4.69, 9.17) is 0 Å². The first-order valence-corrected chi connectivity index (χ1v) is 8.46. The first kappa shape index (κ1) is 15.3. The lowest BCUT2D eigenvalue weighted by atomic mass is 9.89. The monoisotopic (exact) mass is 267 g/mol. The maximum atomic E-state index is 3.61. The second-order valence-electron chi connectivity index (χ2n) is 6.39. The van der Waals surface area contributed by atoms with Gasteiger partial charge in [-0.3, -0.25) is 9.80 Å². The molecular weight excluding hydrogens is 234 g/mol. The van der Waals surface area contributed by atoms with Gasteiger partial charge in [0, 0.05) is 44.3 Å². The number of piperazine rings is 1. The lowest BCUT2D eigenvalue weighted by molar-refractivity contribution is 0.0561. The van der Waals surface area contributed by atoms with Gasteiger partial charge in [0.15, 0.2) is 0 Å². The van der Waals surface area contributed by atoms with Crippen LogP contribution in [0.4, 0.5) is 0 Å². The summed E-state index contributed by atoms with van der Waals surface area (Å²) in [5, 5.41) is 3.61. The van der Waals surface area contributed by atoms with Crippen LogP contribution in [0.1, 0.15) is 52.9 Å². The molecule has 0 spiro atoms. The molecule has 2 rings (SSSR count). The molecule has 0 aromatic heterocycles. The fourth-order valence-electron chi connectivity index (χ4n) is 3.74. The summed E-state index contributed by atoms with van der Waals surface area (Å²) in [6.45, 7) is 13.2. The Morgan fingerprint density at radius 1 is 1.00 bits per heavy atom. The molecule has 2 aliphatic rings. The van der Waals surface area contributed by atoms with Crippen LogP contribution >= 0.6 is 0 Å². The van der Waals surface area contributed by atoms with E-state index in [0.29, 0.717) is 0 Å². The minimum Gasteiger partial charge on any atom is -0.314 e. The molecule has 1 saturated heterocycles. The van der Waals surface area contributed by atoms with Crippen molar-refractivity contribution in [3.63, 3.8) is 0 Å². The zero-order chi connectivity index (χ0) is 13.7. The van der Waals surface area contributed by atoms with E-state index < -0.39 is 0 Å². The van der Waals surface area contributed by atoms with Gasteiger partial charge in [-0.25, -0.2) is 0 Å². The molecule has 0 aromatic rings. The van der Waals surface area contributed by atoms with Crippen molar-refractivity contribution in [2.24, 2.45) is 0 Å². The lowest BCUT2D eigenvalue weighted by Gasteiger charge is -2.43. The molecule has 1 aliphatic carbocycles. The highest BCUT2D eigenvalue weighted by molar-refractivity contribution is 4.86. The topological polar surface area (TPSA) is 18.5 Å². The Kier molecular flexibility index (Phi) is 6.11. The second kappa shape index (κ2) is 7.61. The summed E-state index contributed by atoms with van der Waals surface area (Å²) >= 11 is 0. The van der Waals surface area contributed by atoms with Gasteiger partial charge in [0.1, 0.15) is 0 Å². The molecule has 1 aliphatic heterocycles. The van der Waals surface area contributed by atoms with Gasteiger partial charge < -0.3 is 5.32 Å². The van der Waals surface area contributed by atoms with Crippen molar-refractivity contribution < 1.29 is 0 Å². The van der Waals surface area contributed by atoms with Gasteiger partial charge in [-0.1, -0.05) is 13.8 Å². The molecule has 0 amide bonds. The van der Waals surface area contributed by atoms with Crippen molar-refractivity contribution in [1.82, 2.24) is 15.1 Å². The van der Waals surface area contributed by atoms with Gasteiger partial charge in [-0.2, -0.15) is 0 Å². The van der Waals surface area contributed by atoms with E-state index in [1.165, 1.54) is 58.3 Å². The van der Waals surface area contributed by atoms with Crippen molar-refractivity contribution in [3.8, 4) is 0 Å². The van der Waals surface area contributed by atoms with Crippen molar-refractivity contribution in [3.05, 3.63) is 0 Å². The van der Waals surface area contributed by atoms with E-state index in [2.05, 4.69) is 35.9 Å². The molecule has 0 bridgehead atoms. The van der Waals surface area contributed by atoms with Gasteiger partial charge in [-0.05, 0) is 45.6 Å². The normalized spacial score (nSPS) is 32.4. The summed E-state index contributed by atoms with van der Waals surface area (Å²) in [5.74, 6) is 0. The molecule has 1 unspecified atom stereocenters. The van der Waals surface area contributed by atoms with E-state index in [-0.39, 0.29) is 0 Å². The molecular formula is C16H33N3. The third kappa shape index (κ3) is 4.17. The predicted octanol–water partition coefficient (Wildman–Crippen LogP) is 2.32. The third-order valence-corrected chi connectivity index (χ3v) is 5.27. The zero-order valence-electron chi connectivity index (χ0n) is 13.2. The molecule has 3 nitrogen and oxygen atoms in total. The first-order chi connectivity index (χ1) is 9.24. The van der Waals surface area contributed by atoms with Gasteiger partial charge in [0.05, 0.1) is 0 Å². The zero-order valence-corrected chi connectivity index (χ0v) is 13.2. The molecule has 2 fully saturated rings. The Bertz CT molecular complexity index is 240. The van der Waals surface area contributed by atoms with E-state index in [1.54, 1.807) is 0 Å². The maximum Gasteiger partial charge on any atom is 0.0113 e. The fraction of sp³-hybridized carbons (Fsp3) is 1.00. The van der Waals surface area contributed by atoms with Crippen LogP contribution in [-0.4, -0.2) is 60.6 Å². The van der Waals surface area contributed by atoms with Crippen LogP contribution in [0.5, 0.6) is 0 Å². The second-order valence-corrected chi connectivity index (χ2v) is 6.39. The highest BCUT2D eigenvalue weighted by Gasteiger charge is 2.28. The van der Waals surface area contributed by atoms with Crippen molar-refractivity contribution in [2.75, 3.05) is 32.7 Å². The van der Waals surface area contributed by atoms with Gasteiger partial charge >= 0.3 is 0 Å². The van der Waals surface area contributed by atoms with E-state index >= 15 is 0 Å². The summed E-state index contributed by atoms with van der Waals surface area (Å²) in [6, 6.07) is 2.43. The number of rotatable bonds is 5. The van der Waals surface area contributed by atoms with Crippen LogP contribution in [0.15, 0.2) is 0 Å². The van der Waals surface area contributed by atoms with Crippen LogP contribution < -0.4 is 5.32 Å². The lowest BCUT2D eigenvalue weighted by Crippen LogP contribution is -2.53. The largest absolute Gasteiger partial charge is 0.314 e. The minimum atomic E-state index is 0.770. The molecule has 19 heavy (non-hydrogen) atoms. The summed E-state index contributed by atoms with van der Waals surface area (Å²) in [6.07, 6.45) is 6.85. The van der Waals surface area contributed by atoms with Gasteiger partial charge in [0.25, 0.3) is 0 Å². The Balaban J connectivity index is 1.71. The molecule has 3 heteroatoms. The summed E-state index contributed by atoms with van der Waals surface area (Å²) < 4.78 is 0. The maximum absolute atomic E-state index is 3.61. The van der Waals surface area contributed by atoms with Crippen molar-refractivity contribution in [1.29, 1.82) is 0 Å². The SMILES string of the molecule is CCNC1CCC(N2CCN(C(C)CC)CC2)CC1. The van der Waals surface area contributed by atoms with Gasteiger partial charge in [0.2, 0.25) is 0 Å². The quantitative estimate of drug-likeness (QED) is 0.825. The Morgan fingerprint density at radius 2 is 1.63 bits per heavy atom. The van der Waals surface area contributed by atoms with E-state index in [1.807, 2.05) is 0 Å². The number of nitrogens with zero attached hydrogens (tertiary/aromatic N) is 2. The molecule has 1 atom stereocenters. The van der Waals surface area contributed by atoms with Crippen LogP contribution in [0.25, 0.3) is 0 Å². The summed E-state index contributed by atoms with van der Waals surface area (Å²) in [5.41, 5.74) is 0. The number of hydrogen-bond acceptors (Lipinski definition) is 3. The molecule has 1 saturated carbocycles. The highest BCUT2D eigenvalue weighted by Crippen LogP contribution is 2.24. The Labute approximate surface area is 119 Å². The van der Waals surface area contributed by atoms with Crippen LogP contribution in [0.3, 0.4) is 0 Å². The average Bonchev–Trinajstić information content (AvgIpc) is 2.48. The fourth-order valence-corrected chi connectivity index (χ4v) is 3.74. The Hall–Kier alpha value is -0.120. The molecule has 0 aromatic carbocycles. The summed E-state index contributed by atoms with van der Waals surface area (Å²) in [4.78, 5) is 5.43. The summed E-state index contributed by atoms with van der Waals surface area (Å²) in [7, 11) is 0. The van der Waals surface area contributed by atoms with Gasteiger partial charge in [-0.15, -0.1) is 0 Å². The standard InChI is InChI=1S/C16H33N3/c1-4-14(3)18-10-12-19(13-11-18)16-8-6-15(7-9-16)17-5-2/h14-17H,4-13H2,1-3H3. The van der Waals surface area contributed by atoms with E-state index in [0.717, 1.165) is 24.7 Å². The minimum absolute atomic E-state index is 0.770. The first-order valence-electron chi connectivity index (χ1n) is 8.46. The third-order valence-electron chi connectivity index (χ3n) is 5.27. The van der Waals surface area contributed by atoms with E-state index in [9.17, 15) is 0 Å². The smallest absolute Gasteiger partial charge is 0.0113 e. The van der Waals surface area contributed by atoms with Crippen LogP contribution in [0.2, 0.25) is 0 Å². The molecule has 112 valence electrons.